The number of aliphatic hydroxyl groups is 1. The van der Waals surface area contributed by atoms with Gasteiger partial charge in [0.05, 0.1) is 18.2 Å². The predicted molar refractivity (Wildman–Crippen MR) is 162 cm³/mol. The standard InChI is InChI=1S/C25H40N4O5.C7H7F/c1-6-17(2)21-24(32)29(5)22(25(3,4)33)23(31)28-16-20(30)26-13-9-11-18-10-7-8-12-19(18)34-15-14-27-21;1-6-2-4-7(8)5-3-6/h7-8,10,12,17,21-22,27,33H,6,9,11,13-16H2,1-5H3,(H,26,30)(H,28,31);2-5H,1H3. The minimum atomic E-state index is -1.52. The van der Waals surface area contributed by atoms with Crippen molar-refractivity contribution in [2.75, 3.05) is 33.3 Å². The number of ether oxygens (including phenoxy) is 1. The zero-order valence-corrected chi connectivity index (χ0v) is 25.7. The van der Waals surface area contributed by atoms with Crippen molar-refractivity contribution in [3.63, 3.8) is 0 Å². The first-order chi connectivity index (χ1) is 19.8. The maximum Gasteiger partial charge on any atom is 0.246 e. The van der Waals surface area contributed by atoms with E-state index in [0.717, 1.165) is 36.1 Å². The monoisotopic (exact) mass is 586 g/mol. The lowest BCUT2D eigenvalue weighted by Crippen LogP contribution is -2.62. The van der Waals surface area contributed by atoms with Crippen molar-refractivity contribution in [1.29, 1.82) is 0 Å². The van der Waals surface area contributed by atoms with E-state index >= 15 is 0 Å². The quantitative estimate of drug-likeness (QED) is 0.439. The first-order valence-electron chi connectivity index (χ1n) is 14.5. The molecule has 0 saturated heterocycles. The molecule has 1 heterocycles. The van der Waals surface area contributed by atoms with E-state index in [1.165, 1.54) is 37.9 Å². The Bertz CT molecular complexity index is 1130. The fraction of sp³-hybridized carbons (Fsp3) is 0.531. The van der Waals surface area contributed by atoms with E-state index < -0.39 is 23.6 Å². The highest BCUT2D eigenvalue weighted by atomic mass is 19.1. The van der Waals surface area contributed by atoms with E-state index in [4.69, 9.17) is 4.74 Å². The van der Waals surface area contributed by atoms with Gasteiger partial charge in [0, 0.05) is 20.1 Å². The van der Waals surface area contributed by atoms with Crippen LogP contribution in [0.25, 0.3) is 0 Å². The van der Waals surface area contributed by atoms with Crippen LogP contribution >= 0.6 is 0 Å². The molecular formula is C32H47FN4O5. The lowest BCUT2D eigenvalue weighted by Gasteiger charge is -2.38. The van der Waals surface area contributed by atoms with Gasteiger partial charge in [-0.15, -0.1) is 0 Å². The van der Waals surface area contributed by atoms with Crippen molar-refractivity contribution in [2.45, 2.75) is 71.6 Å². The summed E-state index contributed by atoms with van der Waals surface area (Å²) >= 11 is 0. The van der Waals surface area contributed by atoms with Gasteiger partial charge in [0.15, 0.2) is 0 Å². The molecule has 0 radical (unpaired) electrons. The van der Waals surface area contributed by atoms with Crippen LogP contribution in [-0.2, 0) is 20.8 Å². The summed E-state index contributed by atoms with van der Waals surface area (Å²) in [5.41, 5.74) is 0.624. The molecule has 4 N–H and O–H groups in total. The molecule has 3 unspecified atom stereocenters. The SMILES string of the molecule is CCC(C)C1NCCOc2ccccc2CCCNC(=O)CNC(=O)C(C(C)(C)O)N(C)C1=O.Cc1ccc(F)cc1. The maximum absolute atomic E-state index is 13.5. The summed E-state index contributed by atoms with van der Waals surface area (Å²) in [6, 6.07) is 12.5. The molecule has 3 amide bonds. The van der Waals surface area contributed by atoms with Crippen LogP contribution in [-0.4, -0.2) is 78.7 Å². The summed E-state index contributed by atoms with van der Waals surface area (Å²) in [5, 5.41) is 19.4. The van der Waals surface area contributed by atoms with E-state index in [9.17, 15) is 23.9 Å². The molecule has 1 aliphatic rings. The predicted octanol–water partition coefficient (Wildman–Crippen LogP) is 2.98. The minimum absolute atomic E-state index is 0.0101. The molecule has 232 valence electrons. The summed E-state index contributed by atoms with van der Waals surface area (Å²) in [5.74, 6) is -0.613. The van der Waals surface area contributed by atoms with E-state index in [1.54, 1.807) is 12.1 Å². The number of fused-ring (bicyclic) bond motifs is 1. The smallest absolute Gasteiger partial charge is 0.246 e. The van der Waals surface area contributed by atoms with Gasteiger partial charge >= 0.3 is 0 Å². The third kappa shape index (κ3) is 11.1. The Morgan fingerprint density at radius 3 is 2.36 bits per heavy atom. The highest BCUT2D eigenvalue weighted by molar-refractivity contribution is 5.92. The number of carbonyl (C=O) groups is 3. The van der Waals surface area contributed by atoms with Crippen LogP contribution in [0, 0.1) is 18.7 Å². The Hall–Kier alpha value is -3.50. The third-order valence-corrected chi connectivity index (χ3v) is 7.21. The van der Waals surface area contributed by atoms with Crippen molar-refractivity contribution in [3.05, 3.63) is 65.5 Å². The fourth-order valence-electron chi connectivity index (χ4n) is 4.68. The highest BCUT2D eigenvalue weighted by Crippen LogP contribution is 2.21. The molecule has 9 nitrogen and oxygen atoms in total. The second-order valence-electron chi connectivity index (χ2n) is 11.2. The lowest BCUT2D eigenvalue weighted by atomic mass is 9.93. The molecule has 1 aliphatic heterocycles. The fourth-order valence-corrected chi connectivity index (χ4v) is 4.68. The van der Waals surface area contributed by atoms with Crippen LogP contribution in [0.2, 0.25) is 0 Å². The van der Waals surface area contributed by atoms with Gasteiger partial charge in [-0.3, -0.25) is 14.4 Å². The van der Waals surface area contributed by atoms with Gasteiger partial charge in [-0.1, -0.05) is 56.2 Å². The second-order valence-corrected chi connectivity index (χ2v) is 11.2. The number of hydrogen-bond donors (Lipinski definition) is 4. The Balaban J connectivity index is 0.000000661. The van der Waals surface area contributed by atoms with Crippen molar-refractivity contribution < 1.29 is 28.6 Å². The Labute approximate surface area is 249 Å². The average Bonchev–Trinajstić information content (AvgIpc) is 2.95. The number of rotatable bonds is 3. The zero-order valence-electron chi connectivity index (χ0n) is 25.7. The average molecular weight is 587 g/mol. The van der Waals surface area contributed by atoms with Gasteiger partial charge in [0.25, 0.3) is 0 Å². The van der Waals surface area contributed by atoms with Gasteiger partial charge in [-0.25, -0.2) is 4.39 Å². The molecule has 0 aromatic heterocycles. The number of aryl methyl sites for hydroxylation is 2. The molecule has 2 aromatic carbocycles. The van der Waals surface area contributed by atoms with Crippen LogP contribution in [0.1, 0.15) is 51.7 Å². The zero-order chi connectivity index (χ0) is 31.3. The molecule has 0 spiro atoms. The molecular weight excluding hydrogens is 539 g/mol. The summed E-state index contributed by atoms with van der Waals surface area (Å²) in [4.78, 5) is 39.9. The van der Waals surface area contributed by atoms with Crippen molar-refractivity contribution >= 4 is 17.7 Å². The van der Waals surface area contributed by atoms with Crippen LogP contribution in [0.5, 0.6) is 5.75 Å². The largest absolute Gasteiger partial charge is 0.492 e. The van der Waals surface area contributed by atoms with Crippen LogP contribution < -0.4 is 20.7 Å². The Morgan fingerprint density at radius 1 is 1.07 bits per heavy atom. The molecule has 2 aromatic rings. The number of hydrogen-bond acceptors (Lipinski definition) is 6. The molecule has 0 saturated carbocycles. The number of halogens is 1. The third-order valence-electron chi connectivity index (χ3n) is 7.21. The number of nitrogens with zero attached hydrogens (tertiary/aromatic N) is 1. The topological polar surface area (TPSA) is 120 Å². The first kappa shape index (κ1) is 34.7. The molecule has 0 bridgehead atoms. The normalized spacial score (nSPS) is 20.4. The van der Waals surface area contributed by atoms with Gasteiger partial charge in [-0.2, -0.15) is 0 Å². The Morgan fingerprint density at radius 2 is 1.74 bits per heavy atom. The second kappa shape index (κ2) is 16.8. The molecule has 10 heteroatoms. The number of para-hydroxylation sites is 1. The molecule has 42 heavy (non-hydrogen) atoms. The minimum Gasteiger partial charge on any atom is -0.492 e. The van der Waals surface area contributed by atoms with E-state index in [0.29, 0.717) is 19.7 Å². The summed E-state index contributed by atoms with van der Waals surface area (Å²) in [6.45, 7) is 9.87. The molecule has 0 aliphatic carbocycles. The molecule has 0 fully saturated rings. The van der Waals surface area contributed by atoms with Crippen molar-refractivity contribution in [2.24, 2.45) is 5.92 Å². The van der Waals surface area contributed by atoms with E-state index in [-0.39, 0.29) is 30.1 Å². The Kier molecular flexibility index (Phi) is 13.9. The number of likely N-dealkylation sites (N-methyl/N-ethyl adjacent to an activating group) is 1. The number of nitrogens with one attached hydrogen (secondary N) is 3. The van der Waals surface area contributed by atoms with Gasteiger partial charge in [0.1, 0.15) is 24.2 Å². The number of amides is 3. The number of benzene rings is 2. The van der Waals surface area contributed by atoms with Gasteiger partial charge in [0.2, 0.25) is 17.7 Å². The summed E-state index contributed by atoms with van der Waals surface area (Å²) in [7, 11) is 1.51. The lowest BCUT2D eigenvalue weighted by molar-refractivity contribution is -0.150. The van der Waals surface area contributed by atoms with Crippen LogP contribution in [0.4, 0.5) is 4.39 Å². The van der Waals surface area contributed by atoms with Gasteiger partial charge < -0.3 is 30.7 Å². The van der Waals surface area contributed by atoms with Crippen LogP contribution in [0.15, 0.2) is 48.5 Å². The summed E-state index contributed by atoms with van der Waals surface area (Å²) in [6.07, 6.45) is 2.20. The van der Waals surface area contributed by atoms with Crippen molar-refractivity contribution in [1.82, 2.24) is 20.9 Å². The first-order valence-corrected chi connectivity index (χ1v) is 14.5. The highest BCUT2D eigenvalue weighted by Gasteiger charge is 2.41. The van der Waals surface area contributed by atoms with Crippen LogP contribution in [0.3, 0.4) is 0 Å². The molecule has 3 rings (SSSR count). The maximum atomic E-state index is 13.5. The molecule has 3 atom stereocenters. The number of carbonyl (C=O) groups excluding carboxylic acids is 3. The van der Waals surface area contributed by atoms with Crippen molar-refractivity contribution in [3.8, 4) is 5.75 Å². The summed E-state index contributed by atoms with van der Waals surface area (Å²) < 4.78 is 18.1. The van der Waals surface area contributed by atoms with Gasteiger partial charge in [-0.05, 0) is 63.3 Å². The van der Waals surface area contributed by atoms with E-state index in [1.807, 2.05) is 45.0 Å². The van der Waals surface area contributed by atoms with E-state index in [2.05, 4.69) is 16.0 Å².